The zero-order valence-electron chi connectivity index (χ0n) is 14.9. The first kappa shape index (κ1) is 19.0. The summed E-state index contributed by atoms with van der Waals surface area (Å²) in [6.07, 6.45) is 7.67. The number of hydrogen-bond donors (Lipinski definition) is 1. The molecule has 1 saturated heterocycles. The molecule has 1 aliphatic heterocycles. The summed E-state index contributed by atoms with van der Waals surface area (Å²) in [7, 11) is 0. The van der Waals surface area contributed by atoms with Gasteiger partial charge in [-0.1, -0.05) is 24.3 Å². The van der Waals surface area contributed by atoms with Crippen LogP contribution in [-0.4, -0.2) is 34.2 Å². The van der Waals surface area contributed by atoms with Gasteiger partial charge in [0, 0.05) is 23.9 Å². The average Bonchev–Trinajstić information content (AvgIpc) is 2.99. The van der Waals surface area contributed by atoms with Gasteiger partial charge in [-0.25, -0.2) is 0 Å². The summed E-state index contributed by atoms with van der Waals surface area (Å²) < 4.78 is 5.02. The Hall–Kier alpha value is -3.75. The summed E-state index contributed by atoms with van der Waals surface area (Å²) >= 11 is 0. The summed E-state index contributed by atoms with van der Waals surface area (Å²) in [5.41, 5.74) is 3.26. The Morgan fingerprint density at radius 2 is 1.93 bits per heavy atom. The number of carbonyl (C=O) groups excluding carboxylic acids is 3. The predicted octanol–water partition coefficient (Wildman–Crippen LogP) is 1.74. The summed E-state index contributed by atoms with van der Waals surface area (Å²) in [6.45, 7) is 1.73. The van der Waals surface area contributed by atoms with Crippen LogP contribution in [0.25, 0.3) is 0 Å². The molecule has 1 aliphatic carbocycles. The van der Waals surface area contributed by atoms with Gasteiger partial charge < -0.3 is 4.74 Å². The smallest absolute Gasteiger partial charge is 0.321 e. The number of nitro groups is 1. The molecule has 9 heteroatoms. The molecule has 28 heavy (non-hydrogen) atoms. The normalized spacial score (nSPS) is 22.5. The lowest BCUT2D eigenvalue weighted by atomic mass is 9.93. The van der Waals surface area contributed by atoms with Crippen LogP contribution in [0.4, 0.5) is 5.69 Å². The number of benzene rings is 1. The average molecular weight is 383 g/mol. The van der Waals surface area contributed by atoms with Crippen molar-refractivity contribution in [2.45, 2.75) is 13.0 Å². The van der Waals surface area contributed by atoms with Crippen LogP contribution in [0.5, 0.6) is 0 Å². The maximum Gasteiger partial charge on any atom is 0.321 e. The Kier molecular flexibility index (Phi) is 5.35. The lowest BCUT2D eigenvalue weighted by Crippen LogP contribution is -2.30. The van der Waals surface area contributed by atoms with Crippen molar-refractivity contribution in [3.05, 3.63) is 76.0 Å². The molecule has 2 aliphatic rings. The number of carbonyl (C=O) groups is 3. The number of esters is 1. The summed E-state index contributed by atoms with van der Waals surface area (Å²) in [5, 5.41) is 12.3. The molecule has 1 fully saturated rings. The maximum absolute atomic E-state index is 12.5. The fourth-order valence-electron chi connectivity index (χ4n) is 3.03. The standard InChI is InChI=1S/C19H17N3O6/c1-2-28-19(25)16-17(12-7-9-14(10-8-12)22(26)27)21(20-18(16)24)11-13-5-3-4-6-15(13)23/h3-11,16-17H,2H2,1H3,(H,20,24)/b13-11+. The van der Waals surface area contributed by atoms with E-state index in [1.807, 2.05) is 0 Å². The van der Waals surface area contributed by atoms with Gasteiger partial charge >= 0.3 is 5.97 Å². The van der Waals surface area contributed by atoms with Gasteiger partial charge in [-0.15, -0.1) is 0 Å². The van der Waals surface area contributed by atoms with E-state index in [0.29, 0.717) is 11.1 Å². The molecule has 1 N–H and O–H groups in total. The molecule has 0 saturated carbocycles. The van der Waals surface area contributed by atoms with E-state index >= 15 is 0 Å². The fourth-order valence-corrected chi connectivity index (χ4v) is 3.03. The van der Waals surface area contributed by atoms with Gasteiger partial charge in [0.1, 0.15) is 0 Å². The lowest BCUT2D eigenvalue weighted by Gasteiger charge is -2.25. The predicted molar refractivity (Wildman–Crippen MR) is 97.3 cm³/mol. The van der Waals surface area contributed by atoms with Gasteiger partial charge in [0.25, 0.3) is 11.6 Å². The first-order valence-corrected chi connectivity index (χ1v) is 8.53. The van der Waals surface area contributed by atoms with Crippen molar-refractivity contribution in [3.63, 3.8) is 0 Å². The molecule has 2 unspecified atom stereocenters. The highest BCUT2D eigenvalue weighted by atomic mass is 16.6. The van der Waals surface area contributed by atoms with Gasteiger partial charge in [0.15, 0.2) is 11.7 Å². The van der Waals surface area contributed by atoms with Crippen LogP contribution in [0.2, 0.25) is 0 Å². The second kappa shape index (κ2) is 7.87. The van der Waals surface area contributed by atoms with Gasteiger partial charge in [0.2, 0.25) is 0 Å². The monoisotopic (exact) mass is 383 g/mol. The Bertz CT molecular complexity index is 916. The van der Waals surface area contributed by atoms with Crippen molar-refractivity contribution < 1.29 is 24.0 Å². The Morgan fingerprint density at radius 1 is 1.25 bits per heavy atom. The number of ether oxygens (including phenoxy) is 1. The van der Waals surface area contributed by atoms with Gasteiger partial charge in [0.05, 0.1) is 17.6 Å². The van der Waals surface area contributed by atoms with Gasteiger partial charge in [-0.3, -0.25) is 34.9 Å². The first-order valence-electron chi connectivity index (χ1n) is 8.53. The number of hydrogen-bond acceptors (Lipinski definition) is 7. The molecular weight excluding hydrogens is 366 g/mol. The molecule has 1 aromatic carbocycles. The Labute approximate surface area is 160 Å². The molecule has 0 radical (unpaired) electrons. The minimum Gasteiger partial charge on any atom is -0.465 e. The van der Waals surface area contributed by atoms with Crippen molar-refractivity contribution in [3.8, 4) is 0 Å². The second-order valence-electron chi connectivity index (χ2n) is 6.07. The molecule has 1 heterocycles. The molecule has 0 bridgehead atoms. The largest absolute Gasteiger partial charge is 0.465 e. The molecule has 0 spiro atoms. The zero-order chi connectivity index (χ0) is 20.3. The number of rotatable bonds is 5. The van der Waals surface area contributed by atoms with Crippen LogP contribution >= 0.6 is 0 Å². The number of amides is 1. The van der Waals surface area contributed by atoms with Crippen LogP contribution in [0, 0.1) is 16.0 Å². The summed E-state index contributed by atoms with van der Waals surface area (Å²) in [6, 6.07) is 4.70. The highest BCUT2D eigenvalue weighted by Crippen LogP contribution is 2.35. The van der Waals surface area contributed by atoms with E-state index < -0.39 is 28.8 Å². The van der Waals surface area contributed by atoms with Crippen molar-refractivity contribution >= 4 is 23.3 Å². The highest BCUT2D eigenvalue weighted by Gasteiger charge is 2.46. The zero-order valence-corrected chi connectivity index (χ0v) is 14.9. The lowest BCUT2D eigenvalue weighted by molar-refractivity contribution is -0.384. The quantitative estimate of drug-likeness (QED) is 0.270. The van der Waals surface area contributed by atoms with E-state index in [4.69, 9.17) is 4.74 Å². The molecule has 9 nitrogen and oxygen atoms in total. The summed E-state index contributed by atoms with van der Waals surface area (Å²) in [5.74, 6) is -2.73. The van der Waals surface area contributed by atoms with Crippen molar-refractivity contribution in [1.29, 1.82) is 0 Å². The molecule has 1 aromatic rings. The van der Waals surface area contributed by atoms with E-state index in [2.05, 4.69) is 5.43 Å². The van der Waals surface area contributed by atoms with Crippen molar-refractivity contribution in [2.75, 3.05) is 6.61 Å². The van der Waals surface area contributed by atoms with Crippen LogP contribution in [0.1, 0.15) is 18.5 Å². The van der Waals surface area contributed by atoms with Gasteiger partial charge in [-0.2, -0.15) is 0 Å². The maximum atomic E-state index is 12.5. The van der Waals surface area contributed by atoms with E-state index in [0.717, 1.165) is 0 Å². The second-order valence-corrected chi connectivity index (χ2v) is 6.07. The minimum atomic E-state index is -1.18. The number of nitrogens with zero attached hydrogens (tertiary/aromatic N) is 2. The van der Waals surface area contributed by atoms with E-state index in [1.165, 1.54) is 41.6 Å². The van der Waals surface area contributed by atoms with E-state index in [9.17, 15) is 24.5 Å². The highest BCUT2D eigenvalue weighted by molar-refractivity contribution is 6.07. The number of nitro benzene ring substituents is 1. The number of ketones is 1. The number of hydrazine groups is 1. The topological polar surface area (TPSA) is 119 Å². The first-order chi connectivity index (χ1) is 13.4. The van der Waals surface area contributed by atoms with Gasteiger partial charge in [-0.05, 0) is 24.6 Å². The van der Waals surface area contributed by atoms with Crippen molar-refractivity contribution in [2.24, 2.45) is 5.92 Å². The molecule has 144 valence electrons. The number of non-ortho nitro benzene ring substituents is 1. The third kappa shape index (κ3) is 3.68. The van der Waals surface area contributed by atoms with Crippen LogP contribution in [0.15, 0.2) is 60.3 Å². The summed E-state index contributed by atoms with van der Waals surface area (Å²) in [4.78, 5) is 47.3. The van der Waals surface area contributed by atoms with Crippen molar-refractivity contribution in [1.82, 2.24) is 10.4 Å². The number of nitrogens with one attached hydrogen (secondary N) is 1. The Balaban J connectivity index is 2.01. The van der Waals surface area contributed by atoms with E-state index in [-0.39, 0.29) is 18.1 Å². The van der Waals surface area contributed by atoms with Crippen LogP contribution in [0.3, 0.4) is 0 Å². The molecule has 0 aromatic heterocycles. The number of allylic oxidation sites excluding steroid dienone is 5. The van der Waals surface area contributed by atoms with E-state index in [1.54, 1.807) is 25.2 Å². The van der Waals surface area contributed by atoms with Crippen LogP contribution in [-0.2, 0) is 19.1 Å². The third-order valence-corrected chi connectivity index (χ3v) is 4.32. The molecule has 1 amide bonds. The minimum absolute atomic E-state index is 0.0999. The Morgan fingerprint density at radius 3 is 2.54 bits per heavy atom. The molecular formula is C19H17N3O6. The molecule has 3 rings (SSSR count). The van der Waals surface area contributed by atoms with Crippen LogP contribution < -0.4 is 5.43 Å². The molecule has 2 atom stereocenters. The third-order valence-electron chi connectivity index (χ3n) is 4.32. The SMILES string of the molecule is CCOC(=O)C1C(=O)NN(/C=C2\C=CC=CC2=O)C1c1ccc([N+](=O)[O-])cc1. The fraction of sp³-hybridized carbons (Fsp3) is 0.211.